The Morgan fingerprint density at radius 3 is 2.14 bits per heavy atom. The predicted molar refractivity (Wildman–Crippen MR) is 88.9 cm³/mol. The Kier molecular flexibility index (Phi) is 3.36. The summed E-state index contributed by atoms with van der Waals surface area (Å²) in [5, 5.41) is 0. The van der Waals surface area contributed by atoms with Crippen molar-refractivity contribution in [3.05, 3.63) is 71.8 Å². The van der Waals surface area contributed by atoms with Crippen molar-refractivity contribution in [2.45, 2.75) is 25.3 Å². The number of rotatable bonds is 2. The number of hydrogen-bond acceptors (Lipinski definition) is 1. The fourth-order valence-corrected chi connectivity index (χ4v) is 3.87. The molecule has 0 N–H and O–H groups in total. The van der Waals surface area contributed by atoms with E-state index in [2.05, 4.69) is 65.6 Å². The van der Waals surface area contributed by atoms with Crippen LogP contribution in [-0.2, 0) is 0 Å². The molecule has 2 heterocycles. The summed E-state index contributed by atoms with van der Waals surface area (Å²) >= 11 is 0. The summed E-state index contributed by atoms with van der Waals surface area (Å²) in [4.78, 5) is 2.67. The third-order valence-corrected chi connectivity index (χ3v) is 4.84. The van der Waals surface area contributed by atoms with Crippen LogP contribution in [0.4, 0.5) is 0 Å². The molecule has 1 saturated heterocycles. The van der Waals surface area contributed by atoms with Gasteiger partial charge in [0.2, 0.25) is 0 Å². The van der Waals surface area contributed by atoms with Crippen molar-refractivity contribution in [2.24, 2.45) is 0 Å². The molecule has 0 aliphatic carbocycles. The lowest BCUT2D eigenvalue weighted by Gasteiger charge is -2.31. The second-order valence-corrected chi connectivity index (χ2v) is 6.11. The molecule has 2 aromatic rings. The lowest BCUT2D eigenvalue weighted by Crippen LogP contribution is -2.36. The van der Waals surface area contributed by atoms with E-state index in [1.165, 1.54) is 42.5 Å². The second-order valence-electron chi connectivity index (χ2n) is 6.11. The standard InChI is InChI=1S/C20H21N/c1-3-9-16(10-4-1)18-15-21-14-8-7-13-19(21)20(18)17-11-5-2-6-12-17/h1-6,9-12,19H,7-8,13-15H2. The van der Waals surface area contributed by atoms with Crippen molar-refractivity contribution in [2.75, 3.05) is 13.1 Å². The maximum atomic E-state index is 2.67. The van der Waals surface area contributed by atoms with Crippen LogP contribution in [0.5, 0.6) is 0 Å². The summed E-state index contributed by atoms with van der Waals surface area (Å²) < 4.78 is 0. The van der Waals surface area contributed by atoms with Gasteiger partial charge in [-0.2, -0.15) is 0 Å². The highest BCUT2D eigenvalue weighted by Crippen LogP contribution is 2.41. The Morgan fingerprint density at radius 2 is 1.43 bits per heavy atom. The summed E-state index contributed by atoms with van der Waals surface area (Å²) in [6.45, 7) is 2.36. The first kappa shape index (κ1) is 12.8. The average Bonchev–Trinajstić information content (AvgIpc) is 2.96. The Hall–Kier alpha value is -1.86. The monoisotopic (exact) mass is 275 g/mol. The lowest BCUT2D eigenvalue weighted by molar-refractivity contribution is 0.221. The molecular formula is C20H21N. The van der Waals surface area contributed by atoms with Gasteiger partial charge in [0.05, 0.1) is 0 Å². The Labute approximate surface area is 126 Å². The van der Waals surface area contributed by atoms with E-state index in [0.717, 1.165) is 6.54 Å². The third-order valence-electron chi connectivity index (χ3n) is 4.84. The van der Waals surface area contributed by atoms with E-state index in [4.69, 9.17) is 0 Å². The molecular weight excluding hydrogens is 254 g/mol. The number of piperidine rings is 1. The minimum absolute atomic E-state index is 0.622. The highest BCUT2D eigenvalue weighted by Gasteiger charge is 2.35. The summed E-state index contributed by atoms with van der Waals surface area (Å²) in [6, 6.07) is 22.5. The van der Waals surface area contributed by atoms with Crippen LogP contribution < -0.4 is 0 Å². The molecule has 21 heavy (non-hydrogen) atoms. The smallest absolute Gasteiger partial charge is 0.0361 e. The van der Waals surface area contributed by atoms with Gasteiger partial charge in [-0.05, 0) is 41.7 Å². The van der Waals surface area contributed by atoms with E-state index < -0.39 is 0 Å². The quantitative estimate of drug-likeness (QED) is 0.782. The molecule has 0 radical (unpaired) electrons. The maximum absolute atomic E-state index is 2.67. The molecule has 0 aromatic heterocycles. The molecule has 4 rings (SSSR count). The van der Waals surface area contributed by atoms with Gasteiger partial charge in [0, 0.05) is 12.6 Å². The number of hydrogen-bond donors (Lipinski definition) is 0. The summed E-state index contributed by atoms with van der Waals surface area (Å²) in [5.74, 6) is 0. The summed E-state index contributed by atoms with van der Waals surface area (Å²) in [6.07, 6.45) is 4.01. The topological polar surface area (TPSA) is 3.24 Å². The van der Waals surface area contributed by atoms with Gasteiger partial charge in [-0.25, -0.2) is 0 Å². The molecule has 0 saturated carbocycles. The van der Waals surface area contributed by atoms with Gasteiger partial charge < -0.3 is 0 Å². The molecule has 0 amide bonds. The molecule has 1 nitrogen and oxygen atoms in total. The van der Waals surface area contributed by atoms with Crippen molar-refractivity contribution < 1.29 is 0 Å². The maximum Gasteiger partial charge on any atom is 0.0361 e. The Balaban J connectivity index is 1.85. The van der Waals surface area contributed by atoms with Crippen LogP contribution in [0.3, 0.4) is 0 Å². The first-order chi connectivity index (χ1) is 10.4. The predicted octanol–water partition coefficient (Wildman–Crippen LogP) is 4.47. The Bertz CT molecular complexity index is 642. The highest BCUT2D eigenvalue weighted by atomic mass is 15.2. The molecule has 106 valence electrons. The van der Waals surface area contributed by atoms with E-state index in [-0.39, 0.29) is 0 Å². The molecule has 0 bridgehead atoms. The fraction of sp³-hybridized carbons (Fsp3) is 0.300. The number of benzene rings is 2. The zero-order valence-corrected chi connectivity index (χ0v) is 12.3. The average molecular weight is 275 g/mol. The van der Waals surface area contributed by atoms with Crippen LogP contribution in [0, 0.1) is 0 Å². The van der Waals surface area contributed by atoms with Gasteiger partial charge in [-0.3, -0.25) is 4.90 Å². The third kappa shape index (κ3) is 2.32. The minimum Gasteiger partial charge on any atom is -0.292 e. The molecule has 1 unspecified atom stereocenters. The zero-order valence-electron chi connectivity index (χ0n) is 12.3. The molecule has 2 aliphatic rings. The van der Waals surface area contributed by atoms with Crippen LogP contribution in [0.15, 0.2) is 60.7 Å². The van der Waals surface area contributed by atoms with Gasteiger partial charge in [-0.1, -0.05) is 67.1 Å². The van der Waals surface area contributed by atoms with Crippen molar-refractivity contribution in [3.8, 4) is 0 Å². The van der Waals surface area contributed by atoms with Crippen molar-refractivity contribution >= 4 is 11.1 Å². The van der Waals surface area contributed by atoms with Crippen LogP contribution in [0.1, 0.15) is 30.4 Å². The van der Waals surface area contributed by atoms with Crippen molar-refractivity contribution in [1.29, 1.82) is 0 Å². The number of fused-ring (bicyclic) bond motifs is 1. The van der Waals surface area contributed by atoms with Crippen LogP contribution >= 0.6 is 0 Å². The SMILES string of the molecule is c1ccc(C2=C(c3ccccc3)C3CCCCN3C2)cc1. The molecule has 1 atom stereocenters. The molecule has 2 aromatic carbocycles. The van der Waals surface area contributed by atoms with Gasteiger partial charge in [0.15, 0.2) is 0 Å². The zero-order chi connectivity index (χ0) is 14.1. The first-order valence-corrected chi connectivity index (χ1v) is 8.01. The molecule has 1 heteroatoms. The molecule has 1 fully saturated rings. The first-order valence-electron chi connectivity index (χ1n) is 8.01. The van der Waals surface area contributed by atoms with Gasteiger partial charge in [0.1, 0.15) is 0 Å². The van der Waals surface area contributed by atoms with E-state index >= 15 is 0 Å². The van der Waals surface area contributed by atoms with Crippen molar-refractivity contribution in [1.82, 2.24) is 4.90 Å². The summed E-state index contributed by atoms with van der Waals surface area (Å²) in [5.41, 5.74) is 5.91. The summed E-state index contributed by atoms with van der Waals surface area (Å²) in [7, 11) is 0. The molecule has 0 spiro atoms. The van der Waals surface area contributed by atoms with Crippen LogP contribution in [0.25, 0.3) is 11.1 Å². The highest BCUT2D eigenvalue weighted by molar-refractivity contribution is 5.96. The van der Waals surface area contributed by atoms with E-state index in [1.54, 1.807) is 5.57 Å². The lowest BCUT2D eigenvalue weighted by atomic mass is 9.90. The minimum atomic E-state index is 0.622. The van der Waals surface area contributed by atoms with Gasteiger partial charge >= 0.3 is 0 Å². The van der Waals surface area contributed by atoms with E-state index in [0.29, 0.717) is 6.04 Å². The number of nitrogens with zero attached hydrogens (tertiary/aromatic N) is 1. The normalized spacial score (nSPS) is 22.4. The van der Waals surface area contributed by atoms with E-state index in [1.807, 2.05) is 0 Å². The molecule has 2 aliphatic heterocycles. The van der Waals surface area contributed by atoms with E-state index in [9.17, 15) is 0 Å². The van der Waals surface area contributed by atoms with Crippen LogP contribution in [-0.4, -0.2) is 24.0 Å². The van der Waals surface area contributed by atoms with Gasteiger partial charge in [-0.15, -0.1) is 0 Å². The fourth-order valence-electron chi connectivity index (χ4n) is 3.87. The second kappa shape index (κ2) is 5.50. The largest absolute Gasteiger partial charge is 0.292 e. The van der Waals surface area contributed by atoms with Gasteiger partial charge in [0.25, 0.3) is 0 Å². The Morgan fingerprint density at radius 1 is 0.762 bits per heavy atom. The van der Waals surface area contributed by atoms with Crippen LogP contribution in [0.2, 0.25) is 0 Å². The van der Waals surface area contributed by atoms with Crippen molar-refractivity contribution in [3.63, 3.8) is 0 Å².